The fourth-order valence-electron chi connectivity index (χ4n) is 0.585. The van der Waals surface area contributed by atoms with Crippen molar-refractivity contribution in [2.45, 2.75) is 6.92 Å². The Morgan fingerprint density at radius 1 is 1.82 bits per heavy atom. The molecule has 3 nitrogen and oxygen atoms in total. The van der Waals surface area contributed by atoms with Gasteiger partial charge in [0.1, 0.15) is 0 Å². The molecule has 1 heterocycles. The van der Waals surface area contributed by atoms with E-state index >= 15 is 0 Å². The molecule has 0 fully saturated rings. The molecule has 0 bridgehead atoms. The number of thiazole rings is 1. The van der Waals surface area contributed by atoms with Gasteiger partial charge in [0.15, 0.2) is 5.01 Å². The summed E-state index contributed by atoms with van der Waals surface area (Å²) in [6.07, 6.45) is 1.60. The van der Waals surface area contributed by atoms with Crippen LogP contribution < -0.4 is 5.73 Å². The average molecular weight is 168 g/mol. The second kappa shape index (κ2) is 2.84. The molecule has 0 radical (unpaired) electrons. The highest BCUT2D eigenvalue weighted by atomic mass is 32.1. The minimum absolute atomic E-state index is 0.336. The molecule has 4 heteroatoms. The maximum atomic E-state index is 10.6. The smallest absolute Gasteiger partial charge is 0.277 e. The monoisotopic (exact) mass is 168 g/mol. The van der Waals surface area contributed by atoms with Crippen LogP contribution in [-0.4, -0.2) is 10.9 Å². The number of amides is 1. The Labute approximate surface area is 68.6 Å². The molecule has 0 atom stereocenters. The third-order valence-electron chi connectivity index (χ3n) is 1.14. The number of allylic oxidation sites excluding steroid dienone is 1. The molecule has 0 saturated heterocycles. The summed E-state index contributed by atoms with van der Waals surface area (Å²) in [4.78, 5) is 15.3. The van der Waals surface area contributed by atoms with Crippen molar-refractivity contribution < 1.29 is 4.79 Å². The molecule has 2 N–H and O–H groups in total. The highest BCUT2D eigenvalue weighted by molar-refractivity contribution is 7.14. The van der Waals surface area contributed by atoms with Gasteiger partial charge in [-0.05, 0) is 12.5 Å². The van der Waals surface area contributed by atoms with Crippen LogP contribution in [0.25, 0.3) is 5.57 Å². The van der Waals surface area contributed by atoms with E-state index in [1.807, 2.05) is 6.92 Å². The van der Waals surface area contributed by atoms with E-state index in [-0.39, 0.29) is 0 Å². The number of aromatic nitrogens is 1. The van der Waals surface area contributed by atoms with Crippen LogP contribution in [0.4, 0.5) is 0 Å². The Kier molecular flexibility index (Phi) is 2.05. The third-order valence-corrected chi connectivity index (χ3v) is 2.31. The molecule has 0 aliphatic rings. The zero-order valence-corrected chi connectivity index (χ0v) is 6.94. The molecule has 0 unspecified atom stereocenters. The zero-order valence-electron chi connectivity index (χ0n) is 6.13. The van der Waals surface area contributed by atoms with E-state index in [1.165, 1.54) is 11.3 Å². The van der Waals surface area contributed by atoms with E-state index < -0.39 is 5.91 Å². The predicted molar refractivity (Wildman–Crippen MR) is 45.3 cm³/mol. The van der Waals surface area contributed by atoms with Gasteiger partial charge in [0.25, 0.3) is 5.91 Å². The van der Waals surface area contributed by atoms with Gasteiger partial charge in [-0.25, -0.2) is 4.98 Å². The number of hydrogen-bond donors (Lipinski definition) is 1. The number of carbonyl (C=O) groups excluding carboxylic acids is 1. The summed E-state index contributed by atoms with van der Waals surface area (Å²) in [6.45, 7) is 5.58. The summed E-state index contributed by atoms with van der Waals surface area (Å²) in [7, 11) is 0. The predicted octanol–water partition coefficient (Wildman–Crippen LogP) is 1.28. The minimum atomic E-state index is -0.484. The van der Waals surface area contributed by atoms with E-state index in [4.69, 9.17) is 5.73 Å². The Bertz CT molecular complexity index is 275. The third kappa shape index (κ3) is 1.65. The normalized spacial score (nSPS) is 9.55. The van der Waals surface area contributed by atoms with Crippen LogP contribution >= 0.6 is 11.3 Å². The molecule has 58 valence electrons. The molecule has 1 aromatic heterocycles. The number of rotatable bonds is 2. The Morgan fingerprint density at radius 3 is 2.73 bits per heavy atom. The molecule has 0 saturated carbocycles. The lowest BCUT2D eigenvalue weighted by molar-refractivity contribution is 0.1000. The van der Waals surface area contributed by atoms with Crippen molar-refractivity contribution in [1.29, 1.82) is 0 Å². The Balaban J connectivity index is 2.99. The lowest BCUT2D eigenvalue weighted by Crippen LogP contribution is -2.09. The van der Waals surface area contributed by atoms with Crippen LogP contribution in [0, 0.1) is 0 Å². The van der Waals surface area contributed by atoms with Crippen molar-refractivity contribution in [2.75, 3.05) is 0 Å². The number of primary amides is 1. The van der Waals surface area contributed by atoms with Crippen LogP contribution in [0.15, 0.2) is 12.8 Å². The molecule has 1 rings (SSSR count). The van der Waals surface area contributed by atoms with E-state index in [2.05, 4.69) is 11.6 Å². The topological polar surface area (TPSA) is 56.0 Å². The SMILES string of the molecule is C=C(C)c1cnc(C(N)=O)s1. The molecule has 0 spiro atoms. The van der Waals surface area contributed by atoms with Crippen LogP contribution in [0.1, 0.15) is 21.6 Å². The van der Waals surface area contributed by atoms with Crippen LogP contribution in [-0.2, 0) is 0 Å². The zero-order chi connectivity index (χ0) is 8.43. The lowest BCUT2D eigenvalue weighted by atomic mass is 10.3. The summed E-state index contributed by atoms with van der Waals surface area (Å²) >= 11 is 1.26. The number of nitrogens with two attached hydrogens (primary N) is 1. The van der Waals surface area contributed by atoms with Crippen molar-refractivity contribution in [1.82, 2.24) is 4.98 Å². The van der Waals surface area contributed by atoms with Crippen molar-refractivity contribution in [2.24, 2.45) is 5.73 Å². The van der Waals surface area contributed by atoms with Gasteiger partial charge in [0, 0.05) is 6.20 Å². The van der Waals surface area contributed by atoms with Crippen molar-refractivity contribution in [3.63, 3.8) is 0 Å². The summed E-state index contributed by atoms with van der Waals surface area (Å²) in [5.74, 6) is -0.484. The molecule has 0 aliphatic heterocycles. The van der Waals surface area contributed by atoms with Gasteiger partial charge in [0.05, 0.1) is 4.88 Å². The summed E-state index contributed by atoms with van der Waals surface area (Å²) in [5, 5.41) is 0.336. The second-order valence-corrected chi connectivity index (χ2v) is 3.20. The molecule has 0 aliphatic carbocycles. The highest BCUT2D eigenvalue weighted by Crippen LogP contribution is 2.19. The standard InChI is InChI=1S/C7H8N2OS/c1-4(2)5-3-9-7(11-5)6(8)10/h3H,1H2,2H3,(H2,8,10). The first-order valence-electron chi connectivity index (χ1n) is 3.03. The molecular formula is C7H8N2OS. The molecule has 0 aromatic carbocycles. The van der Waals surface area contributed by atoms with Crippen molar-refractivity contribution in [3.05, 3.63) is 22.7 Å². The summed E-state index contributed by atoms with van der Waals surface area (Å²) in [5.41, 5.74) is 5.90. The van der Waals surface area contributed by atoms with E-state index in [0.717, 1.165) is 10.5 Å². The first kappa shape index (κ1) is 7.94. The minimum Gasteiger partial charge on any atom is -0.364 e. The van der Waals surface area contributed by atoms with Gasteiger partial charge in [-0.2, -0.15) is 0 Å². The highest BCUT2D eigenvalue weighted by Gasteiger charge is 2.06. The van der Waals surface area contributed by atoms with Gasteiger partial charge in [0.2, 0.25) is 0 Å². The summed E-state index contributed by atoms with van der Waals surface area (Å²) in [6, 6.07) is 0. The van der Waals surface area contributed by atoms with Gasteiger partial charge in [-0.3, -0.25) is 4.79 Å². The fourth-order valence-corrected chi connectivity index (χ4v) is 1.28. The quantitative estimate of drug-likeness (QED) is 0.723. The maximum Gasteiger partial charge on any atom is 0.277 e. The lowest BCUT2D eigenvalue weighted by Gasteiger charge is -1.86. The summed E-state index contributed by atoms with van der Waals surface area (Å²) < 4.78 is 0. The number of hydrogen-bond acceptors (Lipinski definition) is 3. The van der Waals surface area contributed by atoms with Crippen LogP contribution in [0.3, 0.4) is 0 Å². The second-order valence-electron chi connectivity index (χ2n) is 2.17. The Hall–Kier alpha value is -1.16. The number of nitrogens with zero attached hydrogens (tertiary/aromatic N) is 1. The van der Waals surface area contributed by atoms with Crippen LogP contribution in [0.2, 0.25) is 0 Å². The van der Waals surface area contributed by atoms with Crippen molar-refractivity contribution >= 4 is 22.8 Å². The molecule has 11 heavy (non-hydrogen) atoms. The van der Waals surface area contributed by atoms with E-state index in [1.54, 1.807) is 6.20 Å². The van der Waals surface area contributed by atoms with E-state index in [9.17, 15) is 4.79 Å². The maximum absolute atomic E-state index is 10.6. The van der Waals surface area contributed by atoms with E-state index in [0.29, 0.717) is 5.01 Å². The average Bonchev–Trinajstić information content (AvgIpc) is 2.33. The van der Waals surface area contributed by atoms with Crippen molar-refractivity contribution in [3.8, 4) is 0 Å². The van der Waals surface area contributed by atoms with Gasteiger partial charge in [-0.15, -0.1) is 11.3 Å². The van der Waals surface area contributed by atoms with Gasteiger partial charge in [-0.1, -0.05) is 6.58 Å². The van der Waals surface area contributed by atoms with Crippen LogP contribution in [0.5, 0.6) is 0 Å². The first-order chi connectivity index (χ1) is 5.11. The van der Waals surface area contributed by atoms with Gasteiger partial charge >= 0.3 is 0 Å². The first-order valence-corrected chi connectivity index (χ1v) is 3.84. The largest absolute Gasteiger partial charge is 0.364 e. The fraction of sp³-hybridized carbons (Fsp3) is 0.143. The number of carbonyl (C=O) groups is 1. The molecule has 1 amide bonds. The molecular weight excluding hydrogens is 160 g/mol. The van der Waals surface area contributed by atoms with Gasteiger partial charge < -0.3 is 5.73 Å². The Morgan fingerprint density at radius 2 is 2.45 bits per heavy atom. The molecule has 1 aromatic rings.